The number of hydrogen-bond acceptors (Lipinski definition) is 3. The number of carbonyl (C=O) groups excluding carboxylic acids is 1. The number of benzene rings is 1. The summed E-state index contributed by atoms with van der Waals surface area (Å²) >= 11 is 0. The molecule has 1 aromatic heterocycles. The van der Waals surface area contributed by atoms with E-state index in [9.17, 15) is 9.90 Å². The van der Waals surface area contributed by atoms with E-state index in [1.807, 2.05) is 36.4 Å². The number of nitrogens with one attached hydrogen (secondary N) is 1. The molecule has 0 fully saturated rings. The molecule has 1 aliphatic carbocycles. The zero-order valence-electron chi connectivity index (χ0n) is 11.4. The van der Waals surface area contributed by atoms with Crippen molar-refractivity contribution in [2.75, 3.05) is 0 Å². The highest BCUT2D eigenvalue weighted by Gasteiger charge is 2.31. The first-order chi connectivity index (χ1) is 10.2. The lowest BCUT2D eigenvalue weighted by Gasteiger charge is -2.16. The molecule has 0 saturated heterocycles. The minimum absolute atomic E-state index is 0.215. The Kier molecular flexibility index (Phi) is 3.79. The van der Waals surface area contributed by atoms with Gasteiger partial charge in [-0.2, -0.15) is 0 Å². The second-order valence-corrected chi connectivity index (χ2v) is 5.07. The molecule has 0 bridgehead atoms. The van der Waals surface area contributed by atoms with Crippen LogP contribution in [0.5, 0.6) is 0 Å². The van der Waals surface area contributed by atoms with Crippen LogP contribution in [0.2, 0.25) is 0 Å². The normalized spacial score (nSPS) is 20.4. The molecule has 0 radical (unpaired) electrons. The maximum atomic E-state index is 12.0. The molecular formula is C17H16N2O2. The summed E-state index contributed by atoms with van der Waals surface area (Å²) in [4.78, 5) is 15.9. The van der Waals surface area contributed by atoms with Crippen LogP contribution in [0.1, 0.15) is 22.7 Å². The van der Waals surface area contributed by atoms with E-state index in [2.05, 4.69) is 10.3 Å². The molecule has 1 aliphatic rings. The third-order valence-corrected chi connectivity index (χ3v) is 3.64. The van der Waals surface area contributed by atoms with E-state index in [4.69, 9.17) is 0 Å². The van der Waals surface area contributed by atoms with Gasteiger partial charge in [0, 0.05) is 24.9 Å². The first-order valence-electron chi connectivity index (χ1n) is 6.88. The molecule has 0 spiro atoms. The zero-order valence-corrected chi connectivity index (χ0v) is 11.4. The zero-order chi connectivity index (χ0) is 14.7. The standard InChI is InChI=1S/C17H16N2O2/c20-15-11-13-3-1-2-4-14(13)17(15)19-16(21)6-5-12-7-9-18-10-8-12/h1-10,15,17,20H,11H2,(H,19,21)/t15-,17+/m1/s1. The van der Waals surface area contributed by atoms with Gasteiger partial charge in [-0.1, -0.05) is 24.3 Å². The predicted octanol–water partition coefficient (Wildman–Crippen LogP) is 1.87. The van der Waals surface area contributed by atoms with Crippen LogP contribution >= 0.6 is 0 Å². The lowest BCUT2D eigenvalue weighted by molar-refractivity contribution is -0.117. The first kappa shape index (κ1) is 13.5. The van der Waals surface area contributed by atoms with Crippen molar-refractivity contribution in [1.82, 2.24) is 10.3 Å². The van der Waals surface area contributed by atoms with Crippen LogP contribution in [0, 0.1) is 0 Å². The molecule has 2 N–H and O–H groups in total. The average Bonchev–Trinajstić information content (AvgIpc) is 2.82. The Morgan fingerprint density at radius 2 is 2.00 bits per heavy atom. The number of amides is 1. The topological polar surface area (TPSA) is 62.2 Å². The fraction of sp³-hybridized carbons (Fsp3) is 0.176. The molecule has 3 rings (SSSR count). The van der Waals surface area contributed by atoms with Crippen LogP contribution in [-0.4, -0.2) is 22.1 Å². The van der Waals surface area contributed by atoms with E-state index in [-0.39, 0.29) is 11.9 Å². The van der Waals surface area contributed by atoms with E-state index >= 15 is 0 Å². The smallest absolute Gasteiger partial charge is 0.244 e. The van der Waals surface area contributed by atoms with Gasteiger partial charge in [-0.05, 0) is 34.9 Å². The van der Waals surface area contributed by atoms with E-state index in [0.29, 0.717) is 6.42 Å². The Balaban J connectivity index is 1.69. The first-order valence-corrected chi connectivity index (χ1v) is 6.88. The van der Waals surface area contributed by atoms with Gasteiger partial charge in [0.2, 0.25) is 5.91 Å². The van der Waals surface area contributed by atoms with Crippen LogP contribution in [0.25, 0.3) is 6.08 Å². The molecule has 0 unspecified atom stereocenters. The van der Waals surface area contributed by atoms with Gasteiger partial charge in [-0.15, -0.1) is 0 Å². The molecule has 0 aliphatic heterocycles. The van der Waals surface area contributed by atoms with Gasteiger partial charge in [0.1, 0.15) is 0 Å². The molecule has 0 saturated carbocycles. The van der Waals surface area contributed by atoms with Crippen LogP contribution in [-0.2, 0) is 11.2 Å². The summed E-state index contributed by atoms with van der Waals surface area (Å²) in [6, 6.07) is 11.1. The second-order valence-electron chi connectivity index (χ2n) is 5.07. The summed E-state index contributed by atoms with van der Waals surface area (Å²) in [5.74, 6) is -0.215. The van der Waals surface area contributed by atoms with Crippen LogP contribution in [0.3, 0.4) is 0 Å². The van der Waals surface area contributed by atoms with Crippen molar-refractivity contribution in [2.24, 2.45) is 0 Å². The minimum Gasteiger partial charge on any atom is -0.390 e. The van der Waals surface area contributed by atoms with Crippen LogP contribution in [0.4, 0.5) is 0 Å². The Labute approximate surface area is 123 Å². The molecule has 21 heavy (non-hydrogen) atoms. The van der Waals surface area contributed by atoms with Crippen LogP contribution < -0.4 is 5.32 Å². The molecule has 4 heteroatoms. The van der Waals surface area contributed by atoms with E-state index < -0.39 is 6.10 Å². The number of carbonyl (C=O) groups is 1. The number of nitrogens with zero attached hydrogens (tertiary/aromatic N) is 1. The molecule has 1 amide bonds. The lowest BCUT2D eigenvalue weighted by Crippen LogP contribution is -2.32. The van der Waals surface area contributed by atoms with Crippen molar-refractivity contribution < 1.29 is 9.90 Å². The fourth-order valence-corrected chi connectivity index (χ4v) is 2.60. The predicted molar refractivity (Wildman–Crippen MR) is 80.3 cm³/mol. The summed E-state index contributed by atoms with van der Waals surface area (Å²) in [5.41, 5.74) is 3.00. The maximum absolute atomic E-state index is 12.0. The van der Waals surface area contributed by atoms with Gasteiger partial charge < -0.3 is 10.4 Å². The number of pyridine rings is 1. The Morgan fingerprint density at radius 3 is 2.81 bits per heavy atom. The number of hydrogen-bond donors (Lipinski definition) is 2. The summed E-state index contributed by atoms with van der Waals surface area (Å²) in [6.45, 7) is 0. The van der Waals surface area contributed by atoms with Gasteiger partial charge in [0.15, 0.2) is 0 Å². The summed E-state index contributed by atoms with van der Waals surface area (Å²) < 4.78 is 0. The average molecular weight is 280 g/mol. The highest BCUT2D eigenvalue weighted by atomic mass is 16.3. The summed E-state index contributed by atoms with van der Waals surface area (Å²) in [7, 11) is 0. The molecule has 1 aromatic carbocycles. The molecule has 1 heterocycles. The fourth-order valence-electron chi connectivity index (χ4n) is 2.60. The van der Waals surface area contributed by atoms with Gasteiger partial charge in [-0.25, -0.2) is 0 Å². The van der Waals surface area contributed by atoms with Crippen molar-refractivity contribution in [3.63, 3.8) is 0 Å². The summed E-state index contributed by atoms with van der Waals surface area (Å²) in [5, 5.41) is 13.0. The van der Waals surface area contributed by atoms with E-state index in [0.717, 1.165) is 16.7 Å². The number of aliphatic hydroxyl groups is 1. The molecular weight excluding hydrogens is 264 g/mol. The van der Waals surface area contributed by atoms with E-state index in [1.165, 1.54) is 6.08 Å². The Hall–Kier alpha value is -2.46. The number of rotatable bonds is 3. The van der Waals surface area contributed by atoms with Gasteiger partial charge in [-0.3, -0.25) is 9.78 Å². The molecule has 2 atom stereocenters. The monoisotopic (exact) mass is 280 g/mol. The number of aliphatic hydroxyl groups excluding tert-OH is 1. The Bertz CT molecular complexity index is 668. The number of aromatic nitrogens is 1. The minimum atomic E-state index is -0.569. The van der Waals surface area contributed by atoms with Crippen molar-refractivity contribution in [1.29, 1.82) is 0 Å². The SMILES string of the molecule is O=C(C=Cc1ccncc1)N[C@H]1c2ccccc2C[C@H]1O. The van der Waals surface area contributed by atoms with Crippen molar-refractivity contribution in [2.45, 2.75) is 18.6 Å². The molecule has 4 nitrogen and oxygen atoms in total. The highest BCUT2D eigenvalue weighted by molar-refractivity contribution is 5.92. The molecule has 106 valence electrons. The van der Waals surface area contributed by atoms with Crippen LogP contribution in [0.15, 0.2) is 54.9 Å². The van der Waals surface area contributed by atoms with Crippen molar-refractivity contribution in [3.05, 3.63) is 71.6 Å². The quantitative estimate of drug-likeness (QED) is 0.844. The van der Waals surface area contributed by atoms with Gasteiger partial charge in [0.25, 0.3) is 0 Å². The third-order valence-electron chi connectivity index (χ3n) is 3.64. The summed E-state index contributed by atoms with van der Waals surface area (Å²) in [6.07, 6.45) is 6.56. The maximum Gasteiger partial charge on any atom is 0.244 e. The number of fused-ring (bicyclic) bond motifs is 1. The Morgan fingerprint density at radius 1 is 1.24 bits per heavy atom. The van der Waals surface area contributed by atoms with Gasteiger partial charge >= 0.3 is 0 Å². The highest BCUT2D eigenvalue weighted by Crippen LogP contribution is 2.31. The lowest BCUT2D eigenvalue weighted by atomic mass is 10.1. The van der Waals surface area contributed by atoms with E-state index in [1.54, 1.807) is 18.5 Å². The molecule has 2 aromatic rings. The second kappa shape index (κ2) is 5.89. The van der Waals surface area contributed by atoms with Gasteiger partial charge in [0.05, 0.1) is 12.1 Å². The van der Waals surface area contributed by atoms with Crippen molar-refractivity contribution in [3.8, 4) is 0 Å². The van der Waals surface area contributed by atoms with Crippen molar-refractivity contribution >= 4 is 12.0 Å². The largest absolute Gasteiger partial charge is 0.390 e. The third kappa shape index (κ3) is 3.01.